The molecule has 2 rings (SSSR count). The summed E-state index contributed by atoms with van der Waals surface area (Å²) in [5.74, 6) is 1.23. The molecule has 21 heavy (non-hydrogen) atoms. The highest BCUT2D eigenvalue weighted by Crippen LogP contribution is 2.27. The van der Waals surface area contributed by atoms with Crippen LogP contribution in [0.4, 0.5) is 0 Å². The number of nitrogens with one attached hydrogen (secondary N) is 1. The van der Waals surface area contributed by atoms with Crippen LogP contribution in [0.5, 0.6) is 0 Å². The Labute approximate surface area is 132 Å². The third kappa shape index (κ3) is 4.72. The fraction of sp³-hybridized carbons (Fsp3) is 0.588. The molecule has 1 aromatic rings. The standard InChI is InChI=1S/C17H25ClN2O/c1-12(15-6-8-16(18)9-7-15)13(2)20(3)17(21)11-19-10-14-4-5-14/h6-9,12-14,19H,4-5,10-11H2,1-3H3. The van der Waals surface area contributed by atoms with Gasteiger partial charge >= 0.3 is 0 Å². The zero-order valence-electron chi connectivity index (χ0n) is 13.1. The summed E-state index contributed by atoms with van der Waals surface area (Å²) in [6.45, 7) is 5.65. The van der Waals surface area contributed by atoms with Crippen molar-refractivity contribution in [3.63, 3.8) is 0 Å². The molecule has 2 unspecified atom stereocenters. The number of hydrogen-bond donors (Lipinski definition) is 1. The number of benzene rings is 1. The number of nitrogens with zero attached hydrogens (tertiary/aromatic N) is 1. The zero-order chi connectivity index (χ0) is 15.4. The van der Waals surface area contributed by atoms with Crippen LogP contribution in [-0.2, 0) is 4.79 Å². The second-order valence-corrected chi connectivity index (χ2v) is 6.60. The molecule has 1 saturated carbocycles. The van der Waals surface area contributed by atoms with E-state index < -0.39 is 0 Å². The average Bonchev–Trinajstić information content (AvgIpc) is 3.30. The monoisotopic (exact) mass is 308 g/mol. The van der Waals surface area contributed by atoms with Crippen LogP contribution in [0.3, 0.4) is 0 Å². The number of hydrogen-bond acceptors (Lipinski definition) is 2. The van der Waals surface area contributed by atoms with Crippen LogP contribution in [0.1, 0.15) is 38.2 Å². The molecule has 3 nitrogen and oxygen atoms in total. The maximum absolute atomic E-state index is 12.2. The van der Waals surface area contributed by atoms with E-state index in [0.29, 0.717) is 6.54 Å². The highest BCUT2D eigenvalue weighted by Gasteiger charge is 2.24. The highest BCUT2D eigenvalue weighted by molar-refractivity contribution is 6.30. The summed E-state index contributed by atoms with van der Waals surface area (Å²) in [5, 5.41) is 4.00. The second-order valence-electron chi connectivity index (χ2n) is 6.16. The first-order valence-electron chi connectivity index (χ1n) is 7.71. The van der Waals surface area contributed by atoms with E-state index in [-0.39, 0.29) is 17.9 Å². The van der Waals surface area contributed by atoms with Crippen LogP contribution in [0.2, 0.25) is 5.02 Å². The van der Waals surface area contributed by atoms with Crippen molar-refractivity contribution >= 4 is 17.5 Å². The van der Waals surface area contributed by atoms with Gasteiger partial charge in [0, 0.05) is 24.0 Å². The molecule has 0 aromatic heterocycles. The van der Waals surface area contributed by atoms with Crippen molar-refractivity contribution in [2.75, 3.05) is 20.1 Å². The molecule has 0 saturated heterocycles. The maximum atomic E-state index is 12.2. The van der Waals surface area contributed by atoms with Gasteiger partial charge in [0.05, 0.1) is 6.54 Å². The molecule has 1 aliphatic rings. The van der Waals surface area contributed by atoms with Crippen LogP contribution in [0.25, 0.3) is 0 Å². The van der Waals surface area contributed by atoms with Crippen molar-refractivity contribution in [2.45, 2.75) is 38.6 Å². The quantitative estimate of drug-likeness (QED) is 0.838. The van der Waals surface area contributed by atoms with Crippen LogP contribution in [0, 0.1) is 5.92 Å². The van der Waals surface area contributed by atoms with Gasteiger partial charge in [-0.2, -0.15) is 0 Å². The number of amides is 1. The maximum Gasteiger partial charge on any atom is 0.236 e. The van der Waals surface area contributed by atoms with Crippen LogP contribution in [-0.4, -0.2) is 37.0 Å². The lowest BCUT2D eigenvalue weighted by molar-refractivity contribution is -0.131. The van der Waals surface area contributed by atoms with Gasteiger partial charge < -0.3 is 10.2 Å². The molecule has 1 N–H and O–H groups in total. The Morgan fingerprint density at radius 2 is 1.95 bits per heavy atom. The van der Waals surface area contributed by atoms with E-state index in [1.807, 2.05) is 36.2 Å². The minimum Gasteiger partial charge on any atom is -0.341 e. The Kier molecular flexibility index (Phi) is 5.65. The number of rotatable bonds is 7. The molecule has 1 aromatic carbocycles. The van der Waals surface area contributed by atoms with E-state index in [1.54, 1.807) is 0 Å². The molecule has 0 bridgehead atoms. The summed E-state index contributed by atoms with van der Waals surface area (Å²) in [6, 6.07) is 8.03. The van der Waals surface area contributed by atoms with Crippen molar-refractivity contribution in [1.29, 1.82) is 0 Å². The summed E-state index contributed by atoms with van der Waals surface area (Å²) in [5.41, 5.74) is 1.21. The van der Waals surface area contributed by atoms with Crippen LogP contribution in [0.15, 0.2) is 24.3 Å². The molecule has 4 heteroatoms. The van der Waals surface area contributed by atoms with Crippen molar-refractivity contribution in [3.05, 3.63) is 34.9 Å². The number of carbonyl (C=O) groups excluding carboxylic acids is 1. The first-order valence-corrected chi connectivity index (χ1v) is 8.08. The Morgan fingerprint density at radius 1 is 1.33 bits per heavy atom. The third-order valence-corrected chi connectivity index (χ3v) is 4.78. The zero-order valence-corrected chi connectivity index (χ0v) is 13.9. The van der Waals surface area contributed by atoms with Gasteiger partial charge in [0.1, 0.15) is 0 Å². The molecule has 2 atom stereocenters. The largest absolute Gasteiger partial charge is 0.341 e. The van der Waals surface area contributed by atoms with Crippen molar-refractivity contribution in [1.82, 2.24) is 10.2 Å². The molecule has 0 aliphatic heterocycles. The van der Waals surface area contributed by atoms with Gasteiger partial charge in [0.15, 0.2) is 0 Å². The van der Waals surface area contributed by atoms with Gasteiger partial charge in [0.2, 0.25) is 5.91 Å². The number of likely N-dealkylation sites (N-methyl/N-ethyl adjacent to an activating group) is 1. The highest BCUT2D eigenvalue weighted by atomic mass is 35.5. The first-order chi connectivity index (χ1) is 9.99. The van der Waals surface area contributed by atoms with Gasteiger partial charge in [-0.15, -0.1) is 0 Å². The Balaban J connectivity index is 1.85. The first kappa shape index (κ1) is 16.3. The minimum absolute atomic E-state index is 0.154. The Hall–Kier alpha value is -1.06. The van der Waals surface area contributed by atoms with E-state index in [1.165, 1.54) is 18.4 Å². The molecular formula is C17H25ClN2O. The fourth-order valence-electron chi connectivity index (χ4n) is 2.44. The predicted octanol–water partition coefficient (Wildman–Crippen LogP) is 3.29. The van der Waals surface area contributed by atoms with Gasteiger partial charge in [-0.25, -0.2) is 0 Å². The van der Waals surface area contributed by atoms with E-state index in [0.717, 1.165) is 17.5 Å². The molecule has 1 fully saturated rings. The van der Waals surface area contributed by atoms with E-state index in [9.17, 15) is 4.79 Å². The average molecular weight is 309 g/mol. The summed E-state index contributed by atoms with van der Waals surface area (Å²) in [4.78, 5) is 14.1. The molecule has 1 aliphatic carbocycles. The normalized spacial score (nSPS) is 17.3. The topological polar surface area (TPSA) is 32.3 Å². The summed E-state index contributed by atoms with van der Waals surface area (Å²) >= 11 is 5.92. The van der Waals surface area contributed by atoms with Gasteiger partial charge in [-0.3, -0.25) is 4.79 Å². The van der Waals surface area contributed by atoms with Gasteiger partial charge in [-0.1, -0.05) is 30.7 Å². The SMILES string of the molecule is CC(c1ccc(Cl)cc1)C(C)N(C)C(=O)CNCC1CC1. The van der Waals surface area contributed by atoms with Gasteiger partial charge in [0.25, 0.3) is 0 Å². The van der Waals surface area contributed by atoms with Gasteiger partial charge in [-0.05, 0) is 49.9 Å². The molecular weight excluding hydrogens is 284 g/mol. The second kappa shape index (κ2) is 7.28. The lowest BCUT2D eigenvalue weighted by Gasteiger charge is -2.30. The minimum atomic E-state index is 0.154. The molecule has 0 radical (unpaired) electrons. The van der Waals surface area contributed by atoms with Crippen molar-refractivity contribution in [3.8, 4) is 0 Å². The number of halogens is 1. The van der Waals surface area contributed by atoms with E-state index >= 15 is 0 Å². The number of carbonyl (C=O) groups is 1. The third-order valence-electron chi connectivity index (χ3n) is 4.53. The van der Waals surface area contributed by atoms with Crippen molar-refractivity contribution < 1.29 is 4.79 Å². The fourth-order valence-corrected chi connectivity index (χ4v) is 2.56. The molecule has 116 valence electrons. The van der Waals surface area contributed by atoms with Crippen LogP contribution >= 0.6 is 11.6 Å². The van der Waals surface area contributed by atoms with E-state index in [2.05, 4.69) is 19.2 Å². The Morgan fingerprint density at radius 3 is 2.52 bits per heavy atom. The lowest BCUT2D eigenvalue weighted by Crippen LogP contribution is -2.43. The summed E-state index contributed by atoms with van der Waals surface area (Å²) in [6.07, 6.45) is 2.61. The summed E-state index contributed by atoms with van der Waals surface area (Å²) in [7, 11) is 1.89. The van der Waals surface area contributed by atoms with Crippen LogP contribution < -0.4 is 5.32 Å². The van der Waals surface area contributed by atoms with E-state index in [4.69, 9.17) is 11.6 Å². The Bertz CT molecular complexity index is 470. The smallest absolute Gasteiger partial charge is 0.236 e. The van der Waals surface area contributed by atoms with Crippen molar-refractivity contribution in [2.24, 2.45) is 5.92 Å². The predicted molar refractivity (Wildman–Crippen MR) is 87.7 cm³/mol. The molecule has 1 amide bonds. The summed E-state index contributed by atoms with van der Waals surface area (Å²) < 4.78 is 0. The molecule has 0 spiro atoms. The molecule has 0 heterocycles. The lowest BCUT2D eigenvalue weighted by atomic mass is 9.93.